The molecule has 0 radical (unpaired) electrons. The molecule has 2 aromatic carbocycles. The average molecular weight is 361 g/mol. The van der Waals surface area contributed by atoms with E-state index in [0.717, 1.165) is 17.2 Å². The van der Waals surface area contributed by atoms with E-state index in [1.165, 1.54) is 12.1 Å². The number of rotatable bonds is 8. The van der Waals surface area contributed by atoms with E-state index >= 15 is 0 Å². The highest BCUT2D eigenvalue weighted by Crippen LogP contribution is 2.14. The maximum absolute atomic E-state index is 13.6. The summed E-state index contributed by atoms with van der Waals surface area (Å²) in [6, 6.07) is 11.4. The van der Waals surface area contributed by atoms with E-state index in [-0.39, 0.29) is 24.9 Å². The number of hydrogen-bond donors (Lipinski definition) is 2. The van der Waals surface area contributed by atoms with Crippen molar-refractivity contribution in [1.29, 1.82) is 0 Å². The highest BCUT2D eigenvalue weighted by molar-refractivity contribution is 5.77. The fraction of sp³-hybridized carbons (Fsp3) is 0.300. The van der Waals surface area contributed by atoms with Crippen LogP contribution < -0.4 is 5.32 Å². The van der Waals surface area contributed by atoms with Crippen LogP contribution in [-0.2, 0) is 22.4 Å². The van der Waals surface area contributed by atoms with Gasteiger partial charge in [0.15, 0.2) is 11.6 Å². The number of carboxylic acid groups (broad SMARTS) is 1. The molecule has 0 bridgehead atoms. The van der Waals surface area contributed by atoms with Gasteiger partial charge in [-0.2, -0.15) is 0 Å². The number of halogens is 2. The Morgan fingerprint density at radius 1 is 1.15 bits per heavy atom. The number of amides is 1. The van der Waals surface area contributed by atoms with E-state index in [1.54, 1.807) is 0 Å². The first-order valence-corrected chi connectivity index (χ1v) is 8.34. The van der Waals surface area contributed by atoms with Crippen LogP contribution >= 0.6 is 0 Å². The molecule has 0 saturated heterocycles. The fourth-order valence-corrected chi connectivity index (χ4v) is 2.69. The standard InChI is InChI=1S/C20H21F2NO3/c1-13-4-2-5-14(10-13)11-16(20(25)26)12-23-18(24)9-8-15-6-3-7-17(21)19(15)22/h2-7,10,16H,8-9,11-12H2,1H3,(H,23,24)(H,25,26). The van der Waals surface area contributed by atoms with E-state index in [0.29, 0.717) is 6.42 Å². The van der Waals surface area contributed by atoms with Gasteiger partial charge >= 0.3 is 5.97 Å². The minimum Gasteiger partial charge on any atom is -0.481 e. The molecule has 26 heavy (non-hydrogen) atoms. The van der Waals surface area contributed by atoms with Gasteiger partial charge in [0.1, 0.15) is 0 Å². The lowest BCUT2D eigenvalue weighted by Crippen LogP contribution is -2.34. The van der Waals surface area contributed by atoms with Gasteiger partial charge in [-0.1, -0.05) is 42.0 Å². The van der Waals surface area contributed by atoms with Gasteiger partial charge in [0, 0.05) is 13.0 Å². The Morgan fingerprint density at radius 3 is 2.58 bits per heavy atom. The van der Waals surface area contributed by atoms with Crippen LogP contribution in [0.15, 0.2) is 42.5 Å². The van der Waals surface area contributed by atoms with Crippen molar-refractivity contribution in [2.45, 2.75) is 26.2 Å². The summed E-state index contributed by atoms with van der Waals surface area (Å²) in [5.41, 5.74) is 2.04. The molecule has 0 aliphatic heterocycles. The van der Waals surface area contributed by atoms with E-state index in [9.17, 15) is 23.5 Å². The summed E-state index contributed by atoms with van der Waals surface area (Å²) in [5.74, 6) is -4.06. The van der Waals surface area contributed by atoms with Gasteiger partial charge in [-0.3, -0.25) is 9.59 Å². The number of aryl methyl sites for hydroxylation is 2. The number of aliphatic carboxylic acids is 1. The molecule has 2 rings (SSSR count). The summed E-state index contributed by atoms with van der Waals surface area (Å²) < 4.78 is 26.7. The fourth-order valence-electron chi connectivity index (χ4n) is 2.69. The molecule has 1 amide bonds. The maximum Gasteiger partial charge on any atom is 0.308 e. The van der Waals surface area contributed by atoms with E-state index in [1.807, 2.05) is 31.2 Å². The lowest BCUT2D eigenvalue weighted by Gasteiger charge is -2.14. The van der Waals surface area contributed by atoms with Crippen LogP contribution in [0.3, 0.4) is 0 Å². The molecule has 0 saturated carbocycles. The van der Waals surface area contributed by atoms with Gasteiger partial charge in [0.05, 0.1) is 5.92 Å². The lowest BCUT2D eigenvalue weighted by atomic mass is 9.98. The third-order valence-electron chi connectivity index (χ3n) is 4.11. The number of nitrogens with one attached hydrogen (secondary N) is 1. The first-order chi connectivity index (χ1) is 12.4. The smallest absolute Gasteiger partial charge is 0.308 e. The van der Waals surface area contributed by atoms with Crippen LogP contribution in [0.4, 0.5) is 8.78 Å². The second-order valence-corrected chi connectivity index (χ2v) is 6.25. The maximum atomic E-state index is 13.6. The average Bonchev–Trinajstić information content (AvgIpc) is 2.59. The Hall–Kier alpha value is -2.76. The Bertz CT molecular complexity index is 792. The minimum absolute atomic E-state index is 0.0201. The van der Waals surface area contributed by atoms with Crippen LogP contribution in [-0.4, -0.2) is 23.5 Å². The van der Waals surface area contributed by atoms with Crippen molar-refractivity contribution in [3.63, 3.8) is 0 Å². The number of hydrogen-bond acceptors (Lipinski definition) is 2. The normalized spacial score (nSPS) is 11.8. The summed E-state index contributed by atoms with van der Waals surface area (Å²) in [5, 5.41) is 11.9. The third kappa shape index (κ3) is 5.65. The molecule has 0 spiro atoms. The zero-order valence-corrected chi connectivity index (χ0v) is 14.5. The molecule has 0 heterocycles. The highest BCUT2D eigenvalue weighted by Gasteiger charge is 2.19. The summed E-state index contributed by atoms with van der Waals surface area (Å²) >= 11 is 0. The molecule has 138 valence electrons. The zero-order valence-electron chi connectivity index (χ0n) is 14.5. The molecule has 6 heteroatoms. The Labute approximate surface area is 150 Å². The van der Waals surface area contributed by atoms with Crippen molar-refractivity contribution in [3.05, 3.63) is 70.8 Å². The second kappa shape index (κ2) is 9.08. The Kier molecular flexibility index (Phi) is 6.83. The Balaban J connectivity index is 1.87. The van der Waals surface area contributed by atoms with Gasteiger partial charge in [-0.05, 0) is 37.0 Å². The van der Waals surface area contributed by atoms with Crippen LogP contribution in [0.25, 0.3) is 0 Å². The second-order valence-electron chi connectivity index (χ2n) is 6.25. The van der Waals surface area contributed by atoms with Gasteiger partial charge < -0.3 is 10.4 Å². The zero-order chi connectivity index (χ0) is 19.1. The van der Waals surface area contributed by atoms with Crippen LogP contribution in [0.2, 0.25) is 0 Å². The molecular formula is C20H21F2NO3. The van der Waals surface area contributed by atoms with Crippen molar-refractivity contribution in [3.8, 4) is 0 Å². The molecule has 1 atom stereocenters. The number of carboxylic acids is 1. The molecule has 0 aliphatic rings. The van der Waals surface area contributed by atoms with Crippen molar-refractivity contribution in [2.75, 3.05) is 6.54 Å². The molecule has 1 unspecified atom stereocenters. The molecule has 2 N–H and O–H groups in total. The van der Waals surface area contributed by atoms with Gasteiger partial charge in [0.2, 0.25) is 5.91 Å². The number of benzene rings is 2. The lowest BCUT2D eigenvalue weighted by molar-refractivity contribution is -0.141. The monoisotopic (exact) mass is 361 g/mol. The summed E-state index contributed by atoms with van der Waals surface area (Å²) in [4.78, 5) is 23.3. The van der Waals surface area contributed by atoms with Crippen molar-refractivity contribution >= 4 is 11.9 Å². The summed E-state index contributed by atoms with van der Waals surface area (Å²) in [6.07, 6.45) is 0.304. The molecule has 2 aromatic rings. The molecule has 0 aliphatic carbocycles. The van der Waals surface area contributed by atoms with E-state index < -0.39 is 29.4 Å². The topological polar surface area (TPSA) is 66.4 Å². The number of carbonyl (C=O) groups excluding carboxylic acids is 1. The van der Waals surface area contributed by atoms with E-state index in [2.05, 4.69) is 5.32 Å². The van der Waals surface area contributed by atoms with Crippen molar-refractivity contribution in [1.82, 2.24) is 5.32 Å². The summed E-state index contributed by atoms with van der Waals surface area (Å²) in [7, 11) is 0. The first-order valence-electron chi connectivity index (χ1n) is 8.34. The Morgan fingerprint density at radius 2 is 1.88 bits per heavy atom. The predicted molar refractivity (Wildman–Crippen MR) is 93.7 cm³/mol. The van der Waals surface area contributed by atoms with Gasteiger partial charge in [-0.15, -0.1) is 0 Å². The quantitative estimate of drug-likeness (QED) is 0.758. The SMILES string of the molecule is Cc1cccc(CC(CNC(=O)CCc2cccc(F)c2F)C(=O)O)c1. The molecule has 0 aromatic heterocycles. The molecule has 4 nitrogen and oxygen atoms in total. The number of carbonyl (C=O) groups is 2. The molecule has 0 fully saturated rings. The summed E-state index contributed by atoms with van der Waals surface area (Å²) in [6.45, 7) is 1.90. The highest BCUT2D eigenvalue weighted by atomic mass is 19.2. The molecular weight excluding hydrogens is 340 g/mol. The van der Waals surface area contributed by atoms with Crippen molar-refractivity contribution in [2.24, 2.45) is 5.92 Å². The van der Waals surface area contributed by atoms with E-state index in [4.69, 9.17) is 0 Å². The van der Waals surface area contributed by atoms with Crippen molar-refractivity contribution < 1.29 is 23.5 Å². The van der Waals surface area contributed by atoms with Gasteiger partial charge in [0.25, 0.3) is 0 Å². The largest absolute Gasteiger partial charge is 0.481 e. The predicted octanol–water partition coefficient (Wildman–Crippen LogP) is 3.27. The third-order valence-corrected chi connectivity index (χ3v) is 4.11. The van der Waals surface area contributed by atoms with Crippen LogP contribution in [0.1, 0.15) is 23.1 Å². The first kappa shape index (κ1) is 19.6. The van der Waals surface area contributed by atoms with Crippen LogP contribution in [0.5, 0.6) is 0 Å². The van der Waals surface area contributed by atoms with Gasteiger partial charge in [-0.25, -0.2) is 8.78 Å². The minimum atomic E-state index is -0.997. The van der Waals surface area contributed by atoms with Crippen LogP contribution in [0, 0.1) is 24.5 Å².